The fourth-order valence-electron chi connectivity index (χ4n) is 2.85. The van der Waals surface area contributed by atoms with E-state index in [1.54, 1.807) is 0 Å². The molecule has 2 rings (SSSR count). The molecule has 0 saturated carbocycles. The summed E-state index contributed by atoms with van der Waals surface area (Å²) in [6.45, 7) is 4.55. The van der Waals surface area contributed by atoms with Gasteiger partial charge in [-0.1, -0.05) is 38.1 Å². The summed E-state index contributed by atoms with van der Waals surface area (Å²) < 4.78 is 0. The van der Waals surface area contributed by atoms with Crippen molar-refractivity contribution in [3.63, 3.8) is 0 Å². The van der Waals surface area contributed by atoms with E-state index in [2.05, 4.69) is 43.5 Å². The van der Waals surface area contributed by atoms with Crippen LogP contribution < -0.4 is 11.3 Å². The predicted molar refractivity (Wildman–Crippen MR) is 72.5 cm³/mol. The second kappa shape index (κ2) is 5.65. The molecule has 0 radical (unpaired) electrons. The zero-order valence-corrected chi connectivity index (χ0v) is 10.9. The Labute approximate surface area is 105 Å². The van der Waals surface area contributed by atoms with Crippen LogP contribution in [0.15, 0.2) is 24.3 Å². The molecule has 0 fully saturated rings. The third-order valence-corrected chi connectivity index (χ3v) is 3.92. The van der Waals surface area contributed by atoms with Gasteiger partial charge in [-0.2, -0.15) is 0 Å². The molecule has 1 aromatic carbocycles. The maximum Gasteiger partial charge on any atom is 0.0245 e. The number of hydrogen-bond acceptors (Lipinski definition) is 2. The first-order valence-electron chi connectivity index (χ1n) is 6.73. The molecule has 3 N–H and O–H groups in total. The van der Waals surface area contributed by atoms with Crippen molar-refractivity contribution in [3.05, 3.63) is 35.4 Å². The summed E-state index contributed by atoms with van der Waals surface area (Å²) >= 11 is 0. The average molecular weight is 232 g/mol. The van der Waals surface area contributed by atoms with Crippen molar-refractivity contribution < 1.29 is 0 Å². The van der Waals surface area contributed by atoms with Gasteiger partial charge in [0.2, 0.25) is 0 Å². The van der Waals surface area contributed by atoms with Crippen molar-refractivity contribution in [2.24, 2.45) is 17.7 Å². The Morgan fingerprint density at radius 2 is 1.76 bits per heavy atom. The maximum absolute atomic E-state index is 5.72. The Morgan fingerprint density at radius 3 is 2.24 bits per heavy atom. The molecule has 2 heteroatoms. The monoisotopic (exact) mass is 232 g/mol. The second-order valence-corrected chi connectivity index (χ2v) is 5.68. The molecule has 0 amide bonds. The zero-order chi connectivity index (χ0) is 12.3. The molecule has 1 unspecified atom stereocenters. The van der Waals surface area contributed by atoms with Gasteiger partial charge in [0.1, 0.15) is 0 Å². The number of fused-ring (bicyclic) bond motifs is 1. The van der Waals surface area contributed by atoms with Gasteiger partial charge < -0.3 is 0 Å². The second-order valence-electron chi connectivity index (χ2n) is 5.68. The smallest absolute Gasteiger partial charge is 0.0245 e. The van der Waals surface area contributed by atoms with Gasteiger partial charge in [0.05, 0.1) is 0 Å². The summed E-state index contributed by atoms with van der Waals surface area (Å²) in [7, 11) is 0. The Hall–Kier alpha value is -0.860. The van der Waals surface area contributed by atoms with E-state index in [1.807, 2.05) is 0 Å². The SMILES string of the molecule is CC(C)CCC(NN)C1Cc2ccccc2C1. The number of benzene rings is 1. The fourth-order valence-corrected chi connectivity index (χ4v) is 2.85. The van der Waals surface area contributed by atoms with E-state index in [9.17, 15) is 0 Å². The summed E-state index contributed by atoms with van der Waals surface area (Å²) in [5.74, 6) is 7.16. The molecule has 1 atom stereocenters. The molecule has 0 bridgehead atoms. The molecule has 1 aromatic rings. The molecule has 2 nitrogen and oxygen atoms in total. The first kappa shape index (κ1) is 12.6. The lowest BCUT2D eigenvalue weighted by molar-refractivity contribution is 0.328. The van der Waals surface area contributed by atoms with Gasteiger partial charge in [0, 0.05) is 6.04 Å². The van der Waals surface area contributed by atoms with Crippen LogP contribution in [0.1, 0.15) is 37.8 Å². The van der Waals surface area contributed by atoms with Crippen LogP contribution in [0, 0.1) is 11.8 Å². The molecular formula is C15H24N2. The zero-order valence-electron chi connectivity index (χ0n) is 10.9. The van der Waals surface area contributed by atoms with Crippen molar-refractivity contribution >= 4 is 0 Å². The van der Waals surface area contributed by atoms with Gasteiger partial charge in [-0.05, 0) is 48.6 Å². The lowest BCUT2D eigenvalue weighted by Gasteiger charge is -2.23. The number of hydrazine groups is 1. The first-order valence-corrected chi connectivity index (χ1v) is 6.73. The van der Waals surface area contributed by atoms with Gasteiger partial charge in [-0.15, -0.1) is 0 Å². The minimum absolute atomic E-state index is 0.463. The van der Waals surface area contributed by atoms with E-state index in [-0.39, 0.29) is 0 Å². The summed E-state index contributed by atoms with van der Waals surface area (Å²) in [5, 5.41) is 0. The maximum atomic E-state index is 5.72. The molecule has 0 heterocycles. The average Bonchev–Trinajstić information content (AvgIpc) is 2.72. The molecule has 0 saturated heterocycles. The van der Waals surface area contributed by atoms with Crippen molar-refractivity contribution in [2.75, 3.05) is 0 Å². The Morgan fingerprint density at radius 1 is 1.18 bits per heavy atom. The highest BCUT2D eigenvalue weighted by molar-refractivity contribution is 5.32. The third-order valence-electron chi connectivity index (χ3n) is 3.92. The number of nitrogens with one attached hydrogen (secondary N) is 1. The van der Waals surface area contributed by atoms with Gasteiger partial charge in [-0.3, -0.25) is 11.3 Å². The lowest BCUT2D eigenvalue weighted by atomic mass is 9.91. The normalized spacial score (nSPS) is 17.4. The van der Waals surface area contributed by atoms with Crippen molar-refractivity contribution in [1.29, 1.82) is 0 Å². The highest BCUT2D eigenvalue weighted by atomic mass is 15.2. The van der Waals surface area contributed by atoms with E-state index < -0.39 is 0 Å². The standard InChI is InChI=1S/C15H24N2/c1-11(2)7-8-15(17-16)14-9-12-5-3-4-6-13(12)10-14/h3-6,11,14-15,17H,7-10,16H2,1-2H3. The topological polar surface area (TPSA) is 38.0 Å². The van der Waals surface area contributed by atoms with Gasteiger partial charge in [-0.25, -0.2) is 0 Å². The Kier molecular flexibility index (Phi) is 4.19. The van der Waals surface area contributed by atoms with E-state index in [1.165, 1.54) is 36.8 Å². The van der Waals surface area contributed by atoms with Crippen LogP contribution in [0.25, 0.3) is 0 Å². The summed E-state index contributed by atoms with van der Waals surface area (Å²) in [4.78, 5) is 0. The highest BCUT2D eigenvalue weighted by Crippen LogP contribution is 2.30. The number of nitrogens with two attached hydrogens (primary N) is 1. The van der Waals surface area contributed by atoms with E-state index >= 15 is 0 Å². The van der Waals surface area contributed by atoms with Crippen molar-refractivity contribution in [1.82, 2.24) is 5.43 Å². The molecule has 1 aliphatic carbocycles. The van der Waals surface area contributed by atoms with Crippen LogP contribution in [0.5, 0.6) is 0 Å². The highest BCUT2D eigenvalue weighted by Gasteiger charge is 2.27. The van der Waals surface area contributed by atoms with Crippen LogP contribution >= 0.6 is 0 Å². The summed E-state index contributed by atoms with van der Waals surface area (Å²) in [6, 6.07) is 9.25. The lowest BCUT2D eigenvalue weighted by Crippen LogP contribution is -2.41. The quantitative estimate of drug-likeness (QED) is 0.605. The molecule has 0 aromatic heterocycles. The van der Waals surface area contributed by atoms with Crippen LogP contribution in [0.3, 0.4) is 0 Å². The number of rotatable bonds is 5. The van der Waals surface area contributed by atoms with E-state index in [0.717, 1.165) is 5.92 Å². The molecule has 1 aliphatic rings. The van der Waals surface area contributed by atoms with Gasteiger partial charge in [0.25, 0.3) is 0 Å². The molecule has 94 valence electrons. The van der Waals surface area contributed by atoms with E-state index in [0.29, 0.717) is 12.0 Å². The Bertz CT molecular complexity index is 335. The summed E-state index contributed by atoms with van der Waals surface area (Å²) in [5.41, 5.74) is 6.07. The number of hydrogen-bond donors (Lipinski definition) is 2. The van der Waals surface area contributed by atoms with Crippen LogP contribution in [-0.2, 0) is 12.8 Å². The van der Waals surface area contributed by atoms with Gasteiger partial charge >= 0.3 is 0 Å². The fraction of sp³-hybridized carbons (Fsp3) is 0.600. The summed E-state index contributed by atoms with van der Waals surface area (Å²) in [6.07, 6.45) is 4.81. The molecular weight excluding hydrogens is 208 g/mol. The van der Waals surface area contributed by atoms with Crippen LogP contribution in [-0.4, -0.2) is 6.04 Å². The molecule has 17 heavy (non-hydrogen) atoms. The van der Waals surface area contributed by atoms with Crippen LogP contribution in [0.2, 0.25) is 0 Å². The third kappa shape index (κ3) is 3.08. The Balaban J connectivity index is 1.95. The van der Waals surface area contributed by atoms with E-state index in [4.69, 9.17) is 5.84 Å². The molecule has 0 aliphatic heterocycles. The first-order chi connectivity index (χ1) is 8.20. The minimum Gasteiger partial charge on any atom is -0.271 e. The molecule has 0 spiro atoms. The van der Waals surface area contributed by atoms with Crippen molar-refractivity contribution in [3.8, 4) is 0 Å². The van der Waals surface area contributed by atoms with Crippen molar-refractivity contribution in [2.45, 2.75) is 45.6 Å². The van der Waals surface area contributed by atoms with Crippen LogP contribution in [0.4, 0.5) is 0 Å². The largest absolute Gasteiger partial charge is 0.271 e. The predicted octanol–water partition coefficient (Wildman–Crippen LogP) is 2.67. The minimum atomic E-state index is 0.463. The van der Waals surface area contributed by atoms with Gasteiger partial charge in [0.15, 0.2) is 0 Å².